The Kier molecular flexibility index (Phi) is 7.41. The van der Waals surface area contributed by atoms with Crippen LogP contribution < -0.4 is 0 Å². The van der Waals surface area contributed by atoms with Crippen molar-refractivity contribution in [3.05, 3.63) is 0 Å². The number of hydrogen-bond donors (Lipinski definition) is 1. The standard InChI is InChI=1S/C11H23O2PS4/c1-5-7-9(18-14(12,15)13-6-2)10-8-16-11(3,4)17-10/h9-10H,5-8H2,1-4H3,(H,12,15)/t9-,10?,14?/m0/s1. The third-order valence-electron chi connectivity index (χ3n) is 2.58. The average Bonchev–Trinajstić information content (AvgIpc) is 2.58. The first-order valence-electron chi connectivity index (χ1n) is 6.27. The summed E-state index contributed by atoms with van der Waals surface area (Å²) >= 11 is 9.67. The van der Waals surface area contributed by atoms with E-state index in [0.29, 0.717) is 17.1 Å². The summed E-state index contributed by atoms with van der Waals surface area (Å²) in [6.45, 7) is 9.03. The van der Waals surface area contributed by atoms with Crippen LogP contribution >= 0.6 is 52.9 Å². The lowest BCUT2D eigenvalue weighted by atomic mass is 10.2. The molecule has 1 heterocycles. The lowest BCUT2D eigenvalue weighted by Gasteiger charge is -2.25. The van der Waals surface area contributed by atoms with Crippen LogP contribution in [0.25, 0.3) is 0 Å². The fraction of sp³-hybridized carbons (Fsp3) is 1.00. The van der Waals surface area contributed by atoms with Gasteiger partial charge in [0.2, 0.25) is 0 Å². The van der Waals surface area contributed by atoms with E-state index in [0.717, 1.165) is 18.6 Å². The van der Waals surface area contributed by atoms with E-state index in [2.05, 4.69) is 33.0 Å². The van der Waals surface area contributed by atoms with Crippen LogP contribution in [0.4, 0.5) is 0 Å². The quantitative estimate of drug-likeness (QED) is 0.482. The summed E-state index contributed by atoms with van der Waals surface area (Å²) in [5, 5.41) is 0.931. The van der Waals surface area contributed by atoms with Crippen LogP contribution in [0.5, 0.6) is 0 Å². The molecular formula is C11H23O2PS4. The van der Waals surface area contributed by atoms with Gasteiger partial charge in [0, 0.05) is 16.3 Å². The second-order valence-corrected chi connectivity index (χ2v) is 14.9. The SMILES string of the molecule is CCC[C@H](SP(=O)(S)OCC)C1CSC(C)(C)S1. The van der Waals surface area contributed by atoms with Crippen molar-refractivity contribution in [1.82, 2.24) is 0 Å². The topological polar surface area (TPSA) is 26.3 Å². The molecule has 1 aliphatic rings. The molecule has 2 unspecified atom stereocenters. The second-order valence-electron chi connectivity index (χ2n) is 4.69. The lowest BCUT2D eigenvalue weighted by molar-refractivity contribution is 0.357. The molecule has 0 spiro atoms. The molecule has 3 atom stereocenters. The van der Waals surface area contributed by atoms with Gasteiger partial charge in [-0.25, -0.2) is 0 Å². The van der Waals surface area contributed by atoms with Crippen molar-refractivity contribution < 1.29 is 9.09 Å². The molecule has 0 aliphatic carbocycles. The highest BCUT2D eigenvalue weighted by Crippen LogP contribution is 2.67. The number of thioether (sulfide) groups is 2. The van der Waals surface area contributed by atoms with E-state index in [9.17, 15) is 4.57 Å². The van der Waals surface area contributed by atoms with Crippen molar-refractivity contribution in [2.45, 2.75) is 55.1 Å². The minimum atomic E-state index is -2.78. The monoisotopic (exact) mass is 346 g/mol. The van der Waals surface area contributed by atoms with Crippen LogP contribution in [-0.4, -0.2) is 26.9 Å². The molecule has 0 N–H and O–H groups in total. The molecule has 0 aromatic rings. The van der Waals surface area contributed by atoms with E-state index in [-0.39, 0.29) is 4.08 Å². The molecule has 0 amide bonds. The van der Waals surface area contributed by atoms with E-state index in [4.69, 9.17) is 4.52 Å². The van der Waals surface area contributed by atoms with Crippen molar-refractivity contribution in [2.75, 3.05) is 12.4 Å². The van der Waals surface area contributed by atoms with E-state index < -0.39 is 5.77 Å². The lowest BCUT2D eigenvalue weighted by Crippen LogP contribution is -2.20. The summed E-state index contributed by atoms with van der Waals surface area (Å²) in [6.07, 6.45) is 2.19. The first-order chi connectivity index (χ1) is 8.29. The summed E-state index contributed by atoms with van der Waals surface area (Å²) in [6, 6.07) is 0. The van der Waals surface area contributed by atoms with E-state index in [1.54, 1.807) is 0 Å². The summed E-state index contributed by atoms with van der Waals surface area (Å²) in [7, 11) is 0. The Morgan fingerprint density at radius 3 is 2.67 bits per heavy atom. The highest BCUT2D eigenvalue weighted by molar-refractivity contribution is 8.84. The van der Waals surface area contributed by atoms with E-state index in [1.165, 1.54) is 11.4 Å². The number of hydrogen-bond acceptors (Lipinski definition) is 5. The maximum absolute atomic E-state index is 12.2. The van der Waals surface area contributed by atoms with Crippen LogP contribution in [0.1, 0.15) is 40.5 Å². The zero-order valence-electron chi connectivity index (χ0n) is 11.4. The van der Waals surface area contributed by atoms with Gasteiger partial charge in [-0.1, -0.05) is 37.0 Å². The zero-order valence-corrected chi connectivity index (χ0v) is 15.7. The Morgan fingerprint density at radius 1 is 1.56 bits per heavy atom. The third-order valence-corrected chi connectivity index (χ3v) is 11.0. The van der Waals surface area contributed by atoms with Crippen molar-refractivity contribution >= 4 is 52.9 Å². The molecule has 0 bridgehead atoms. The smallest absolute Gasteiger partial charge is 0.310 e. The van der Waals surface area contributed by atoms with Crippen molar-refractivity contribution in [3.63, 3.8) is 0 Å². The van der Waals surface area contributed by atoms with Crippen LogP contribution in [0.2, 0.25) is 0 Å². The van der Waals surface area contributed by atoms with Crippen molar-refractivity contribution in [2.24, 2.45) is 0 Å². The van der Waals surface area contributed by atoms with Crippen LogP contribution in [0.15, 0.2) is 0 Å². The second kappa shape index (κ2) is 7.56. The predicted octanol–water partition coefficient (Wildman–Crippen LogP) is 5.55. The first kappa shape index (κ1) is 17.6. The minimum Gasteiger partial charge on any atom is -0.314 e. The van der Waals surface area contributed by atoms with Crippen molar-refractivity contribution in [3.8, 4) is 0 Å². The first-order valence-corrected chi connectivity index (χ1v) is 12.4. The van der Waals surface area contributed by atoms with Gasteiger partial charge in [-0.2, -0.15) is 0 Å². The summed E-state index contributed by atoms with van der Waals surface area (Å²) < 4.78 is 17.8. The Bertz CT molecular complexity index is 311. The van der Waals surface area contributed by atoms with Gasteiger partial charge in [0.25, 0.3) is 0 Å². The Morgan fingerprint density at radius 2 is 2.22 bits per heavy atom. The molecule has 108 valence electrons. The van der Waals surface area contributed by atoms with Crippen LogP contribution in [0, 0.1) is 0 Å². The van der Waals surface area contributed by atoms with Crippen molar-refractivity contribution in [1.29, 1.82) is 0 Å². The Balaban J connectivity index is 2.63. The fourth-order valence-corrected chi connectivity index (χ4v) is 10.7. The van der Waals surface area contributed by atoms with Crippen LogP contribution in [-0.2, 0) is 9.09 Å². The molecule has 1 saturated heterocycles. The fourth-order valence-electron chi connectivity index (χ4n) is 1.85. The minimum absolute atomic E-state index is 0.281. The van der Waals surface area contributed by atoms with Gasteiger partial charge in [0.15, 0.2) is 0 Å². The summed E-state index contributed by atoms with van der Waals surface area (Å²) in [4.78, 5) is 0. The maximum atomic E-state index is 12.2. The molecule has 1 fully saturated rings. The summed E-state index contributed by atoms with van der Waals surface area (Å²) in [5.41, 5.74) is 0. The van der Waals surface area contributed by atoms with Gasteiger partial charge in [-0.05, 0) is 27.2 Å². The molecule has 0 aromatic carbocycles. The van der Waals surface area contributed by atoms with Gasteiger partial charge in [-0.15, -0.1) is 23.5 Å². The van der Waals surface area contributed by atoms with Gasteiger partial charge < -0.3 is 4.52 Å². The number of rotatable bonds is 7. The zero-order chi connectivity index (χ0) is 13.8. The van der Waals surface area contributed by atoms with E-state index >= 15 is 0 Å². The average molecular weight is 347 g/mol. The van der Waals surface area contributed by atoms with Gasteiger partial charge in [-0.3, -0.25) is 4.57 Å². The molecule has 1 rings (SSSR count). The number of thiol groups is 1. The predicted molar refractivity (Wildman–Crippen MR) is 92.4 cm³/mol. The molecule has 7 heteroatoms. The van der Waals surface area contributed by atoms with Gasteiger partial charge >= 0.3 is 5.77 Å². The highest BCUT2D eigenvalue weighted by Gasteiger charge is 2.39. The maximum Gasteiger partial charge on any atom is 0.310 e. The normalized spacial score (nSPS) is 27.9. The molecule has 0 saturated carbocycles. The van der Waals surface area contributed by atoms with Crippen LogP contribution in [0.3, 0.4) is 0 Å². The largest absolute Gasteiger partial charge is 0.314 e. The molecular weight excluding hydrogens is 323 g/mol. The summed E-state index contributed by atoms with van der Waals surface area (Å²) in [5.74, 6) is -1.65. The van der Waals surface area contributed by atoms with Gasteiger partial charge in [0.1, 0.15) is 0 Å². The molecule has 2 nitrogen and oxygen atoms in total. The highest BCUT2D eigenvalue weighted by atomic mass is 33.1. The van der Waals surface area contributed by atoms with E-state index in [1.807, 2.05) is 30.4 Å². The molecule has 18 heavy (non-hydrogen) atoms. The van der Waals surface area contributed by atoms with Gasteiger partial charge in [0.05, 0.1) is 10.7 Å². The molecule has 0 radical (unpaired) electrons. The molecule has 1 aliphatic heterocycles. The Labute approximate surface area is 129 Å². The molecule has 0 aromatic heterocycles. The Hall–Kier alpha value is 1.59. The third kappa shape index (κ3) is 5.92.